The fourth-order valence-corrected chi connectivity index (χ4v) is 4.84. The van der Waals surface area contributed by atoms with Gasteiger partial charge in [-0.3, -0.25) is 9.59 Å². The number of carbonyl (C=O) groups excluding carboxylic acids is 2. The third-order valence-corrected chi connectivity index (χ3v) is 6.28. The van der Waals surface area contributed by atoms with E-state index in [0.717, 1.165) is 17.1 Å². The number of furan rings is 1. The van der Waals surface area contributed by atoms with Gasteiger partial charge in [-0.2, -0.15) is 0 Å². The summed E-state index contributed by atoms with van der Waals surface area (Å²) in [7, 11) is 1.63. The highest BCUT2D eigenvalue weighted by Crippen LogP contribution is 2.52. The van der Waals surface area contributed by atoms with Crippen LogP contribution in [0.5, 0.6) is 5.75 Å². The van der Waals surface area contributed by atoms with E-state index in [-0.39, 0.29) is 17.9 Å². The molecule has 3 aliphatic heterocycles. The Kier molecular flexibility index (Phi) is 4.62. The molecule has 5 rings (SSSR count). The van der Waals surface area contributed by atoms with Crippen LogP contribution in [0.4, 0.5) is 0 Å². The second-order valence-corrected chi connectivity index (χ2v) is 8.06. The van der Waals surface area contributed by atoms with Gasteiger partial charge in [-0.1, -0.05) is 24.3 Å². The van der Waals surface area contributed by atoms with Crippen LogP contribution in [0.2, 0.25) is 0 Å². The molecule has 0 saturated carbocycles. The van der Waals surface area contributed by atoms with Crippen molar-refractivity contribution in [2.24, 2.45) is 11.8 Å². The lowest BCUT2D eigenvalue weighted by atomic mass is 9.77. The number of methoxy groups -OCH3 is 1. The standard InChI is InChI=1S/C23H24N2O5/c1-28-16-6-4-15(5-7-16)9-11-24-21(26)19-18-8-10-23(30-18)14-25(22(27)20(19)23)13-17-3-2-12-29-17/h2-8,10,12,18-20H,9,11,13-14H2,1H3,(H,24,26)/t18-,19+,20-,23+/m0/s1. The van der Waals surface area contributed by atoms with Crippen molar-refractivity contribution >= 4 is 11.8 Å². The van der Waals surface area contributed by atoms with Crippen molar-refractivity contribution in [2.75, 3.05) is 20.2 Å². The molecule has 0 unspecified atom stereocenters. The average molecular weight is 408 g/mol. The zero-order chi connectivity index (χ0) is 20.7. The van der Waals surface area contributed by atoms with Crippen molar-refractivity contribution in [3.05, 3.63) is 66.1 Å². The Morgan fingerprint density at radius 3 is 2.87 bits per heavy atom. The van der Waals surface area contributed by atoms with Gasteiger partial charge in [0, 0.05) is 6.54 Å². The molecule has 7 heteroatoms. The average Bonchev–Trinajstić information content (AvgIpc) is 3.52. The van der Waals surface area contributed by atoms with Crippen LogP contribution < -0.4 is 10.1 Å². The molecule has 4 atom stereocenters. The molecule has 2 fully saturated rings. The first kappa shape index (κ1) is 18.9. The van der Waals surface area contributed by atoms with E-state index in [1.165, 1.54) is 0 Å². The molecule has 0 radical (unpaired) electrons. The summed E-state index contributed by atoms with van der Waals surface area (Å²) in [6, 6.07) is 11.4. The molecule has 3 aliphatic rings. The van der Waals surface area contributed by atoms with Gasteiger partial charge in [0.1, 0.15) is 17.1 Å². The lowest BCUT2D eigenvalue weighted by Gasteiger charge is -2.23. The SMILES string of the molecule is COc1ccc(CCNC(=O)[C@@H]2[C@@H]3C=C[C@]4(CN(Cc5ccco5)C(=O)[C@H]24)O3)cc1. The topological polar surface area (TPSA) is 81.0 Å². The van der Waals surface area contributed by atoms with Crippen molar-refractivity contribution in [1.29, 1.82) is 0 Å². The Morgan fingerprint density at radius 2 is 2.13 bits per heavy atom. The number of ether oxygens (including phenoxy) is 2. The summed E-state index contributed by atoms with van der Waals surface area (Å²) in [6.45, 7) is 1.33. The number of carbonyl (C=O) groups is 2. The lowest BCUT2D eigenvalue weighted by molar-refractivity contribution is -0.138. The van der Waals surface area contributed by atoms with Crippen molar-refractivity contribution in [3.63, 3.8) is 0 Å². The molecule has 30 heavy (non-hydrogen) atoms. The van der Waals surface area contributed by atoms with E-state index in [2.05, 4.69) is 5.32 Å². The second-order valence-electron chi connectivity index (χ2n) is 8.06. The van der Waals surface area contributed by atoms with E-state index >= 15 is 0 Å². The summed E-state index contributed by atoms with van der Waals surface area (Å²) < 4.78 is 16.7. The van der Waals surface area contributed by atoms with Crippen LogP contribution >= 0.6 is 0 Å². The fourth-order valence-electron chi connectivity index (χ4n) is 4.84. The minimum absolute atomic E-state index is 0.0476. The van der Waals surface area contributed by atoms with E-state index in [4.69, 9.17) is 13.9 Å². The molecular formula is C23H24N2O5. The van der Waals surface area contributed by atoms with E-state index < -0.39 is 17.4 Å². The van der Waals surface area contributed by atoms with Crippen LogP contribution in [-0.4, -0.2) is 48.6 Å². The third-order valence-electron chi connectivity index (χ3n) is 6.28. The maximum absolute atomic E-state index is 13.1. The molecule has 1 aromatic carbocycles. The van der Waals surface area contributed by atoms with Crippen molar-refractivity contribution in [1.82, 2.24) is 10.2 Å². The Bertz CT molecular complexity index is 968. The number of nitrogens with one attached hydrogen (secondary N) is 1. The Morgan fingerprint density at radius 1 is 1.30 bits per heavy atom. The molecule has 4 heterocycles. The smallest absolute Gasteiger partial charge is 0.230 e. The van der Waals surface area contributed by atoms with Gasteiger partial charge in [0.25, 0.3) is 0 Å². The molecule has 156 valence electrons. The number of hydrogen-bond acceptors (Lipinski definition) is 5. The normalized spacial score (nSPS) is 28.8. The molecular weight excluding hydrogens is 384 g/mol. The van der Waals surface area contributed by atoms with Crippen LogP contribution in [0, 0.1) is 11.8 Å². The van der Waals surface area contributed by atoms with Crippen molar-refractivity contribution in [2.45, 2.75) is 24.7 Å². The maximum atomic E-state index is 13.1. The Labute approximate surface area is 174 Å². The highest BCUT2D eigenvalue weighted by atomic mass is 16.5. The summed E-state index contributed by atoms with van der Waals surface area (Å²) in [5.41, 5.74) is 0.407. The quantitative estimate of drug-likeness (QED) is 0.708. The number of rotatable bonds is 7. The molecule has 2 bridgehead atoms. The third kappa shape index (κ3) is 3.10. The molecule has 2 amide bonds. The number of likely N-dealkylation sites (tertiary alicyclic amines) is 1. The first-order chi connectivity index (χ1) is 14.6. The maximum Gasteiger partial charge on any atom is 0.230 e. The van der Waals surface area contributed by atoms with Crippen LogP contribution in [0.15, 0.2) is 59.2 Å². The number of amides is 2. The van der Waals surface area contributed by atoms with Crippen LogP contribution in [-0.2, 0) is 27.3 Å². The number of nitrogens with zero attached hydrogens (tertiary/aromatic N) is 1. The second kappa shape index (κ2) is 7.32. The van der Waals surface area contributed by atoms with E-state index in [0.29, 0.717) is 26.1 Å². The predicted octanol–water partition coefficient (Wildman–Crippen LogP) is 1.93. The lowest BCUT2D eigenvalue weighted by Crippen LogP contribution is -2.44. The molecule has 1 spiro atoms. The van der Waals surface area contributed by atoms with Gasteiger partial charge in [-0.25, -0.2) is 0 Å². The minimum Gasteiger partial charge on any atom is -0.497 e. The number of fused-ring (bicyclic) bond motifs is 1. The van der Waals surface area contributed by atoms with Gasteiger partial charge in [-0.15, -0.1) is 0 Å². The highest BCUT2D eigenvalue weighted by Gasteiger charge is 2.66. The highest BCUT2D eigenvalue weighted by molar-refractivity contribution is 5.93. The summed E-state index contributed by atoms with van der Waals surface area (Å²) in [5.74, 6) is 0.367. The Balaban J connectivity index is 1.24. The van der Waals surface area contributed by atoms with Crippen LogP contribution in [0.3, 0.4) is 0 Å². The molecule has 7 nitrogen and oxygen atoms in total. The summed E-state index contributed by atoms with van der Waals surface area (Å²) >= 11 is 0. The molecule has 2 aromatic rings. The molecule has 2 saturated heterocycles. The Hall–Kier alpha value is -3.06. The van der Waals surface area contributed by atoms with Gasteiger partial charge in [-0.05, 0) is 36.2 Å². The van der Waals surface area contributed by atoms with Gasteiger partial charge < -0.3 is 24.1 Å². The predicted molar refractivity (Wildman–Crippen MR) is 108 cm³/mol. The van der Waals surface area contributed by atoms with Gasteiger partial charge in [0.05, 0.1) is 44.4 Å². The molecule has 1 N–H and O–H groups in total. The van der Waals surface area contributed by atoms with Crippen molar-refractivity contribution in [3.8, 4) is 5.75 Å². The fraction of sp³-hybridized carbons (Fsp3) is 0.391. The van der Waals surface area contributed by atoms with E-state index in [9.17, 15) is 9.59 Å². The molecule has 0 aliphatic carbocycles. The molecule has 1 aromatic heterocycles. The van der Waals surface area contributed by atoms with Gasteiger partial charge in [0.2, 0.25) is 11.8 Å². The monoisotopic (exact) mass is 408 g/mol. The van der Waals surface area contributed by atoms with Crippen LogP contribution in [0.25, 0.3) is 0 Å². The summed E-state index contributed by atoms with van der Waals surface area (Å²) in [6.07, 6.45) is 5.84. The summed E-state index contributed by atoms with van der Waals surface area (Å²) in [5, 5.41) is 3.00. The summed E-state index contributed by atoms with van der Waals surface area (Å²) in [4.78, 5) is 27.9. The number of hydrogen-bond donors (Lipinski definition) is 1. The van der Waals surface area contributed by atoms with Gasteiger partial charge in [0.15, 0.2) is 0 Å². The first-order valence-corrected chi connectivity index (χ1v) is 10.2. The van der Waals surface area contributed by atoms with Crippen molar-refractivity contribution < 1.29 is 23.5 Å². The first-order valence-electron chi connectivity index (χ1n) is 10.2. The number of benzene rings is 1. The van der Waals surface area contributed by atoms with Gasteiger partial charge >= 0.3 is 0 Å². The largest absolute Gasteiger partial charge is 0.497 e. The zero-order valence-corrected chi connectivity index (χ0v) is 16.7. The minimum atomic E-state index is -0.702. The van der Waals surface area contributed by atoms with Crippen LogP contribution in [0.1, 0.15) is 11.3 Å². The van der Waals surface area contributed by atoms with E-state index in [1.54, 1.807) is 24.3 Å². The zero-order valence-electron chi connectivity index (χ0n) is 16.7. The van der Waals surface area contributed by atoms with E-state index in [1.807, 2.05) is 42.5 Å².